The third-order valence-corrected chi connectivity index (χ3v) is 3.64. The number of carbonyl (C=O) groups excluding carboxylic acids is 1. The summed E-state index contributed by atoms with van der Waals surface area (Å²) in [7, 11) is -3.58. The largest absolute Gasteiger partial charge is 1.00 e. The Morgan fingerprint density at radius 3 is 2.28 bits per heavy atom. The van der Waals surface area contributed by atoms with Crippen LogP contribution in [-0.4, -0.2) is 32.2 Å². The summed E-state index contributed by atoms with van der Waals surface area (Å²) in [4.78, 5) is 19.6. The van der Waals surface area contributed by atoms with Gasteiger partial charge in [-0.25, -0.2) is 8.42 Å². The molecule has 92 valence electrons. The maximum absolute atomic E-state index is 11.6. The maximum Gasteiger partial charge on any atom is 1.00 e. The first-order valence-electron chi connectivity index (χ1n) is 4.50. The molecule has 0 aliphatic rings. The first-order chi connectivity index (χ1) is 7.97. The van der Waals surface area contributed by atoms with E-state index in [9.17, 15) is 23.3 Å². The number of sulfone groups is 1. The Morgan fingerprint density at radius 1 is 1.28 bits per heavy atom. The van der Waals surface area contributed by atoms with E-state index in [-0.39, 0.29) is 59.0 Å². The van der Waals surface area contributed by atoms with E-state index in [0.29, 0.717) is 0 Å². The second kappa shape index (κ2) is 7.47. The molecule has 0 heterocycles. The van der Waals surface area contributed by atoms with Crippen molar-refractivity contribution in [3.05, 3.63) is 34.4 Å². The molecular weight excluding hydrogens is 273 g/mol. The Labute approximate surface area is 125 Å². The molecule has 0 spiro atoms. The van der Waals surface area contributed by atoms with Crippen molar-refractivity contribution >= 4 is 22.0 Å². The summed E-state index contributed by atoms with van der Waals surface area (Å²) in [5.41, 5.74) is -0.187. The number of ether oxygens (including phenoxy) is 1. The van der Waals surface area contributed by atoms with Crippen molar-refractivity contribution in [3.63, 3.8) is 0 Å². The van der Waals surface area contributed by atoms with Crippen molar-refractivity contribution in [2.45, 2.75) is 4.90 Å². The Balaban J connectivity index is 0.00000289. The molecule has 7 nitrogen and oxygen atoms in total. The molecule has 0 bridgehead atoms. The van der Waals surface area contributed by atoms with E-state index in [1.54, 1.807) is 0 Å². The Kier molecular flexibility index (Phi) is 7.07. The van der Waals surface area contributed by atoms with Gasteiger partial charge in [0.15, 0.2) is 9.84 Å². The van der Waals surface area contributed by atoms with Gasteiger partial charge in [-0.2, -0.15) is 0 Å². The van der Waals surface area contributed by atoms with Crippen molar-refractivity contribution in [1.29, 1.82) is 0 Å². The van der Waals surface area contributed by atoms with Gasteiger partial charge in [0.1, 0.15) is 6.61 Å². The molecule has 0 fully saturated rings. The van der Waals surface area contributed by atoms with Gasteiger partial charge in [-0.1, -0.05) is 0 Å². The first-order valence-corrected chi connectivity index (χ1v) is 6.15. The van der Waals surface area contributed by atoms with Gasteiger partial charge in [-0.15, -0.1) is 0 Å². The van der Waals surface area contributed by atoms with Gasteiger partial charge >= 0.3 is 29.6 Å². The predicted molar refractivity (Wildman–Crippen MR) is 57.2 cm³/mol. The molecule has 0 atom stereocenters. The summed E-state index contributed by atoms with van der Waals surface area (Å²) in [6.45, 7) is -0.0891. The van der Waals surface area contributed by atoms with Gasteiger partial charge < -0.3 is 4.74 Å². The SMILES string of the molecule is O=COCCS(=O)(=O)c1ccc([N+](=O)[O-])cc1.[Na+]. The molecule has 0 aliphatic heterocycles. The van der Waals surface area contributed by atoms with Crippen LogP contribution < -0.4 is 29.6 Å². The van der Waals surface area contributed by atoms with E-state index in [4.69, 9.17) is 0 Å². The third kappa shape index (κ3) is 4.73. The number of hydrogen-bond donors (Lipinski definition) is 0. The average Bonchev–Trinajstić information content (AvgIpc) is 2.29. The van der Waals surface area contributed by atoms with Crippen molar-refractivity contribution in [3.8, 4) is 0 Å². The molecular formula is C9H9NNaO6S+. The van der Waals surface area contributed by atoms with E-state index in [1.165, 1.54) is 0 Å². The van der Waals surface area contributed by atoms with Crippen molar-refractivity contribution in [2.75, 3.05) is 12.4 Å². The number of hydrogen-bond acceptors (Lipinski definition) is 6. The summed E-state index contributed by atoms with van der Waals surface area (Å²) in [5, 5.41) is 10.4. The van der Waals surface area contributed by atoms with E-state index in [2.05, 4.69) is 4.74 Å². The van der Waals surface area contributed by atoms with Gasteiger partial charge in [-0.05, 0) is 12.1 Å². The Hall–Kier alpha value is -0.960. The third-order valence-electron chi connectivity index (χ3n) is 1.94. The number of nitro groups is 1. The fraction of sp³-hybridized carbons (Fsp3) is 0.222. The summed E-state index contributed by atoms with van der Waals surface area (Å²) in [6.07, 6.45) is 0. The molecule has 0 saturated heterocycles. The van der Waals surface area contributed by atoms with Crippen LogP contribution in [0.3, 0.4) is 0 Å². The number of nitrogens with zero attached hydrogens (tertiary/aromatic N) is 1. The molecule has 0 saturated carbocycles. The second-order valence-electron chi connectivity index (χ2n) is 3.04. The zero-order chi connectivity index (χ0) is 12.9. The molecule has 0 aliphatic carbocycles. The smallest absolute Gasteiger partial charge is 0.467 e. The monoisotopic (exact) mass is 282 g/mol. The topological polar surface area (TPSA) is 104 Å². The molecule has 1 aromatic carbocycles. The van der Waals surface area contributed by atoms with Crippen molar-refractivity contribution in [1.82, 2.24) is 0 Å². The summed E-state index contributed by atoms with van der Waals surface area (Å²) in [5.74, 6) is -0.358. The van der Waals surface area contributed by atoms with Crippen molar-refractivity contribution in [2.24, 2.45) is 0 Å². The number of carbonyl (C=O) groups is 1. The van der Waals surface area contributed by atoms with Crippen LogP contribution in [0.2, 0.25) is 0 Å². The van der Waals surface area contributed by atoms with E-state index >= 15 is 0 Å². The molecule has 1 rings (SSSR count). The summed E-state index contributed by atoms with van der Waals surface area (Å²) in [6, 6.07) is 4.50. The first kappa shape index (κ1) is 17.0. The molecule has 9 heteroatoms. The minimum absolute atomic E-state index is 0. The van der Waals surface area contributed by atoms with Crippen LogP contribution in [-0.2, 0) is 19.4 Å². The van der Waals surface area contributed by atoms with Crippen LogP contribution in [0.25, 0.3) is 0 Å². The summed E-state index contributed by atoms with van der Waals surface area (Å²) < 4.78 is 27.5. The van der Waals surface area contributed by atoms with Crippen molar-refractivity contribution < 1.29 is 52.4 Å². The van der Waals surface area contributed by atoms with Crippen LogP contribution in [0, 0.1) is 10.1 Å². The van der Waals surface area contributed by atoms with E-state index in [0.717, 1.165) is 24.3 Å². The number of nitro benzene ring substituents is 1. The van der Waals surface area contributed by atoms with Crippen LogP contribution in [0.5, 0.6) is 0 Å². The Bertz CT molecular complexity index is 512. The van der Waals surface area contributed by atoms with Gasteiger partial charge in [0, 0.05) is 12.1 Å². The molecule has 0 amide bonds. The fourth-order valence-electron chi connectivity index (χ4n) is 1.10. The van der Waals surface area contributed by atoms with Gasteiger partial charge in [0.05, 0.1) is 15.6 Å². The van der Waals surface area contributed by atoms with Crippen LogP contribution in [0.15, 0.2) is 29.2 Å². The van der Waals surface area contributed by atoms with E-state index < -0.39 is 14.8 Å². The van der Waals surface area contributed by atoms with E-state index in [1.807, 2.05) is 0 Å². The molecule has 0 aromatic heterocycles. The number of benzene rings is 1. The average molecular weight is 282 g/mol. The molecule has 18 heavy (non-hydrogen) atoms. The zero-order valence-electron chi connectivity index (χ0n) is 9.61. The minimum atomic E-state index is -3.58. The second-order valence-corrected chi connectivity index (χ2v) is 5.15. The van der Waals surface area contributed by atoms with Crippen LogP contribution >= 0.6 is 0 Å². The Morgan fingerprint density at radius 2 is 1.83 bits per heavy atom. The maximum atomic E-state index is 11.6. The van der Waals surface area contributed by atoms with Crippen LogP contribution in [0.1, 0.15) is 0 Å². The number of rotatable bonds is 6. The molecule has 0 radical (unpaired) electrons. The minimum Gasteiger partial charge on any atom is -0.467 e. The predicted octanol–water partition coefficient (Wildman–Crippen LogP) is -2.45. The van der Waals surface area contributed by atoms with Gasteiger partial charge in [-0.3, -0.25) is 14.9 Å². The van der Waals surface area contributed by atoms with Crippen LogP contribution in [0.4, 0.5) is 5.69 Å². The van der Waals surface area contributed by atoms with Gasteiger partial charge in [0.2, 0.25) is 0 Å². The quantitative estimate of drug-likeness (QED) is 0.188. The molecule has 0 unspecified atom stereocenters. The molecule has 1 aromatic rings. The number of non-ortho nitro benzene ring substituents is 1. The standard InChI is InChI=1S/C9H9NO6S.Na/c11-7-16-5-6-17(14,15)9-3-1-8(2-4-9)10(12)13;/h1-4,7H,5-6H2;/q;+1. The fourth-order valence-corrected chi connectivity index (χ4v) is 2.20. The molecule has 0 N–H and O–H groups in total. The summed E-state index contributed by atoms with van der Waals surface area (Å²) >= 11 is 0. The van der Waals surface area contributed by atoms with Gasteiger partial charge in [0.25, 0.3) is 12.2 Å². The zero-order valence-corrected chi connectivity index (χ0v) is 12.4. The normalized spacial score (nSPS) is 10.2.